The van der Waals surface area contributed by atoms with Gasteiger partial charge in [-0.1, -0.05) is 6.07 Å². The van der Waals surface area contributed by atoms with Crippen molar-refractivity contribution < 1.29 is 13.2 Å². The third-order valence-corrected chi connectivity index (χ3v) is 4.31. The van der Waals surface area contributed by atoms with Gasteiger partial charge in [0.05, 0.1) is 6.54 Å². The molecule has 0 aromatic carbocycles. The van der Waals surface area contributed by atoms with E-state index in [1.165, 1.54) is 9.78 Å². The fraction of sp³-hybridized carbons (Fsp3) is 0.692. The maximum absolute atomic E-state index is 12.2. The van der Waals surface area contributed by atoms with Gasteiger partial charge < -0.3 is 5.32 Å². The molecule has 0 unspecified atom stereocenters. The molecule has 108 valence electrons. The summed E-state index contributed by atoms with van der Waals surface area (Å²) in [7, 11) is 0. The summed E-state index contributed by atoms with van der Waals surface area (Å²) in [6.07, 6.45) is -1.46. The lowest BCUT2D eigenvalue weighted by molar-refractivity contribution is -0.148. The minimum Gasteiger partial charge on any atom is -0.314 e. The first-order chi connectivity index (χ1) is 9.03. The Bertz CT molecular complexity index is 356. The van der Waals surface area contributed by atoms with E-state index in [1.54, 1.807) is 11.3 Å². The van der Waals surface area contributed by atoms with Crippen LogP contribution in [0.15, 0.2) is 17.5 Å². The first kappa shape index (κ1) is 14.8. The van der Waals surface area contributed by atoms with E-state index in [0.717, 1.165) is 25.8 Å². The molecule has 0 aliphatic carbocycles. The van der Waals surface area contributed by atoms with E-state index in [0.29, 0.717) is 19.1 Å². The summed E-state index contributed by atoms with van der Waals surface area (Å²) in [4.78, 5) is 2.85. The van der Waals surface area contributed by atoms with Crippen LogP contribution >= 0.6 is 11.3 Å². The number of halogens is 3. The maximum Gasteiger partial charge on any atom is 0.401 e. The average Bonchev–Trinajstić information content (AvgIpc) is 2.82. The molecule has 2 rings (SSSR count). The van der Waals surface area contributed by atoms with Crippen LogP contribution in [0.25, 0.3) is 0 Å². The zero-order chi connectivity index (χ0) is 13.7. The largest absolute Gasteiger partial charge is 0.401 e. The van der Waals surface area contributed by atoms with E-state index in [4.69, 9.17) is 0 Å². The Balaban J connectivity index is 1.61. The summed E-state index contributed by atoms with van der Waals surface area (Å²) in [6, 6.07) is 4.51. The van der Waals surface area contributed by atoms with E-state index in [-0.39, 0.29) is 0 Å². The molecule has 19 heavy (non-hydrogen) atoms. The molecule has 1 aromatic heterocycles. The summed E-state index contributed by atoms with van der Waals surface area (Å²) in [5.41, 5.74) is 0. The molecular weight excluding hydrogens is 273 g/mol. The molecule has 1 aliphatic heterocycles. The minimum absolute atomic E-state index is 0.365. The van der Waals surface area contributed by atoms with Gasteiger partial charge in [0.2, 0.25) is 0 Å². The van der Waals surface area contributed by atoms with Crippen LogP contribution in [0.3, 0.4) is 0 Å². The normalized spacial score (nSPS) is 18.9. The molecule has 0 bridgehead atoms. The van der Waals surface area contributed by atoms with Crippen molar-refractivity contribution >= 4 is 11.3 Å². The smallest absolute Gasteiger partial charge is 0.314 e. The summed E-state index contributed by atoms with van der Waals surface area (Å²) in [5.74, 6) is 0. The second-order valence-corrected chi connectivity index (χ2v) is 5.98. The predicted molar refractivity (Wildman–Crippen MR) is 71.5 cm³/mol. The summed E-state index contributed by atoms with van der Waals surface area (Å²) in [5, 5.41) is 5.50. The number of hydrogen-bond donors (Lipinski definition) is 1. The second-order valence-electron chi connectivity index (χ2n) is 4.95. The van der Waals surface area contributed by atoms with Crippen LogP contribution in [0.2, 0.25) is 0 Å². The number of nitrogens with zero attached hydrogens (tertiary/aromatic N) is 1. The van der Waals surface area contributed by atoms with Gasteiger partial charge in [-0.25, -0.2) is 0 Å². The number of likely N-dealkylation sites (tertiary alicyclic amines) is 1. The van der Waals surface area contributed by atoms with Gasteiger partial charge in [0.25, 0.3) is 0 Å². The third kappa shape index (κ3) is 5.50. The van der Waals surface area contributed by atoms with Crippen molar-refractivity contribution in [2.75, 3.05) is 26.2 Å². The van der Waals surface area contributed by atoms with Crippen molar-refractivity contribution in [2.24, 2.45) is 0 Å². The Labute approximate surface area is 115 Å². The van der Waals surface area contributed by atoms with Gasteiger partial charge in [-0.15, -0.1) is 11.3 Å². The van der Waals surface area contributed by atoms with E-state index < -0.39 is 12.7 Å². The van der Waals surface area contributed by atoms with Crippen LogP contribution in [-0.4, -0.2) is 43.3 Å². The van der Waals surface area contributed by atoms with Gasteiger partial charge in [0.15, 0.2) is 0 Å². The Hall–Kier alpha value is -0.590. The fourth-order valence-electron chi connectivity index (χ4n) is 2.40. The number of thiophene rings is 1. The highest BCUT2D eigenvalue weighted by Crippen LogP contribution is 2.19. The van der Waals surface area contributed by atoms with Crippen molar-refractivity contribution in [3.63, 3.8) is 0 Å². The van der Waals surface area contributed by atoms with E-state index in [1.807, 2.05) is 6.07 Å². The Morgan fingerprint density at radius 1 is 1.32 bits per heavy atom. The van der Waals surface area contributed by atoms with Crippen molar-refractivity contribution in [3.05, 3.63) is 22.4 Å². The van der Waals surface area contributed by atoms with Gasteiger partial charge in [-0.05, 0) is 43.8 Å². The average molecular weight is 292 g/mol. The van der Waals surface area contributed by atoms with Crippen LogP contribution in [0.1, 0.15) is 17.7 Å². The highest BCUT2D eigenvalue weighted by molar-refractivity contribution is 7.09. The molecule has 1 fully saturated rings. The molecule has 0 amide bonds. The van der Waals surface area contributed by atoms with Crippen LogP contribution in [-0.2, 0) is 6.42 Å². The quantitative estimate of drug-likeness (QED) is 0.897. The minimum atomic E-state index is -4.07. The molecular formula is C13H19F3N2S. The van der Waals surface area contributed by atoms with Gasteiger partial charge >= 0.3 is 6.18 Å². The highest BCUT2D eigenvalue weighted by atomic mass is 32.1. The fourth-order valence-corrected chi connectivity index (χ4v) is 3.11. The first-order valence-electron chi connectivity index (χ1n) is 6.58. The Kier molecular flexibility index (Phi) is 5.24. The number of nitrogens with one attached hydrogen (secondary N) is 1. The first-order valence-corrected chi connectivity index (χ1v) is 7.46. The molecule has 1 saturated heterocycles. The molecule has 0 radical (unpaired) electrons. The van der Waals surface area contributed by atoms with Crippen LogP contribution in [0.5, 0.6) is 0 Å². The summed E-state index contributed by atoms with van der Waals surface area (Å²) < 4.78 is 36.7. The topological polar surface area (TPSA) is 15.3 Å². The zero-order valence-corrected chi connectivity index (χ0v) is 11.6. The summed E-state index contributed by atoms with van der Waals surface area (Å²) >= 11 is 1.74. The lowest BCUT2D eigenvalue weighted by atomic mass is 10.0. The molecule has 1 aliphatic rings. The number of piperidine rings is 1. The van der Waals surface area contributed by atoms with Gasteiger partial charge in [0, 0.05) is 17.5 Å². The lowest BCUT2D eigenvalue weighted by Crippen LogP contribution is -2.45. The molecule has 0 atom stereocenters. The molecule has 0 spiro atoms. The second kappa shape index (κ2) is 6.72. The van der Waals surface area contributed by atoms with E-state index >= 15 is 0 Å². The van der Waals surface area contributed by atoms with Gasteiger partial charge in [-0.3, -0.25) is 4.90 Å². The standard InChI is InChI=1S/C13H19F3N2S/c14-13(15,16)10-18-7-4-11(5-8-18)17-6-3-12-2-1-9-19-12/h1-2,9,11,17H,3-8,10H2. The molecule has 1 aromatic rings. The molecule has 2 heterocycles. The number of hydrogen-bond acceptors (Lipinski definition) is 3. The highest BCUT2D eigenvalue weighted by Gasteiger charge is 2.32. The van der Waals surface area contributed by atoms with Crippen LogP contribution in [0, 0.1) is 0 Å². The molecule has 6 heteroatoms. The van der Waals surface area contributed by atoms with E-state index in [2.05, 4.69) is 16.8 Å². The molecule has 2 nitrogen and oxygen atoms in total. The van der Waals surface area contributed by atoms with Crippen LogP contribution in [0.4, 0.5) is 13.2 Å². The number of alkyl halides is 3. The van der Waals surface area contributed by atoms with Gasteiger partial charge in [0.1, 0.15) is 0 Å². The van der Waals surface area contributed by atoms with Gasteiger partial charge in [-0.2, -0.15) is 13.2 Å². The van der Waals surface area contributed by atoms with Crippen LogP contribution < -0.4 is 5.32 Å². The van der Waals surface area contributed by atoms with Crippen molar-refractivity contribution in [1.29, 1.82) is 0 Å². The Morgan fingerprint density at radius 3 is 2.63 bits per heavy atom. The van der Waals surface area contributed by atoms with Crippen molar-refractivity contribution in [2.45, 2.75) is 31.5 Å². The number of rotatable bonds is 5. The predicted octanol–water partition coefficient (Wildman–Crippen LogP) is 2.91. The monoisotopic (exact) mass is 292 g/mol. The lowest BCUT2D eigenvalue weighted by Gasteiger charge is -2.32. The molecule has 1 N–H and O–H groups in total. The summed E-state index contributed by atoms with van der Waals surface area (Å²) in [6.45, 7) is 1.21. The maximum atomic E-state index is 12.2. The Morgan fingerprint density at radius 2 is 2.05 bits per heavy atom. The third-order valence-electron chi connectivity index (χ3n) is 3.37. The molecule has 0 saturated carbocycles. The zero-order valence-electron chi connectivity index (χ0n) is 10.7. The van der Waals surface area contributed by atoms with Crippen molar-refractivity contribution in [1.82, 2.24) is 10.2 Å². The van der Waals surface area contributed by atoms with E-state index in [9.17, 15) is 13.2 Å². The SMILES string of the molecule is FC(F)(F)CN1CCC(NCCc2cccs2)CC1. The van der Waals surface area contributed by atoms with Crippen molar-refractivity contribution in [3.8, 4) is 0 Å².